The summed E-state index contributed by atoms with van der Waals surface area (Å²) in [5, 5.41) is 8.63. The van der Waals surface area contributed by atoms with Crippen LogP contribution in [0.4, 0.5) is 0 Å². The van der Waals surface area contributed by atoms with Gasteiger partial charge < -0.3 is 5.11 Å². The van der Waals surface area contributed by atoms with E-state index < -0.39 is 16.2 Å². The Kier molecular flexibility index (Phi) is 10.4. The molecule has 0 spiro atoms. The molecular formula is C12H11O3V-. The average molecular weight is 254 g/mol. The molecule has 0 aliphatic rings. The molecule has 0 aliphatic carbocycles. The second-order valence-electron chi connectivity index (χ2n) is 2.49. The molecule has 3 nitrogen and oxygen atoms in total. The Morgan fingerprint density at radius 3 is 1.50 bits per heavy atom. The number of hydrogen-bond acceptors (Lipinski definition) is 3. The van der Waals surface area contributed by atoms with E-state index in [-0.39, 0.29) is 0 Å². The minimum Gasteiger partial charge on any atom is -0.184 e. The summed E-state index contributed by atoms with van der Waals surface area (Å²) in [5.74, 6) is 0.322. The van der Waals surface area contributed by atoms with Gasteiger partial charge in [0.2, 0.25) is 0 Å². The second kappa shape index (κ2) is 11.5. The predicted molar refractivity (Wildman–Crippen MR) is 54.8 cm³/mol. The maximum atomic E-state index is 8.63. The van der Waals surface area contributed by atoms with E-state index in [2.05, 4.69) is 6.07 Å². The first-order valence-electron chi connectivity index (χ1n) is 4.41. The molecule has 0 bridgehead atoms. The molecule has 0 radical (unpaired) electrons. The average Bonchev–Trinajstić information content (AvgIpc) is 2.34. The van der Waals surface area contributed by atoms with Crippen molar-refractivity contribution in [1.29, 1.82) is 0 Å². The fraction of sp³-hybridized carbons (Fsp3) is 0. The normalized spacial score (nSPS) is 7.25. The van der Waals surface area contributed by atoms with Crippen molar-refractivity contribution in [2.45, 2.75) is 0 Å². The molecule has 0 fully saturated rings. The zero-order chi connectivity index (χ0) is 12.1. The Labute approximate surface area is 101 Å². The van der Waals surface area contributed by atoms with Crippen LogP contribution in [0, 0.1) is 6.07 Å². The smallest absolute Gasteiger partial charge is 0.171 e. The van der Waals surface area contributed by atoms with E-state index in [1.165, 1.54) is 0 Å². The number of rotatable bonds is 0. The van der Waals surface area contributed by atoms with Crippen LogP contribution < -0.4 is 0 Å². The molecule has 2 aromatic rings. The maximum absolute atomic E-state index is 8.63. The van der Waals surface area contributed by atoms with Crippen LogP contribution in [0.15, 0.2) is 60.7 Å². The third kappa shape index (κ3) is 10.5. The van der Waals surface area contributed by atoms with Gasteiger partial charge in [0, 0.05) is 0 Å². The van der Waals surface area contributed by atoms with Gasteiger partial charge in [-0.1, -0.05) is 18.2 Å². The Bertz CT molecular complexity index is 357. The Hall–Kier alpha value is -1.58. The third-order valence-corrected chi connectivity index (χ3v) is 1.36. The number of phenols is 1. The van der Waals surface area contributed by atoms with Gasteiger partial charge in [0.15, 0.2) is 0 Å². The van der Waals surface area contributed by atoms with Crippen molar-refractivity contribution >= 4 is 0 Å². The molecular weight excluding hydrogens is 243 g/mol. The van der Waals surface area contributed by atoms with Gasteiger partial charge in [-0.15, -0.1) is 0 Å². The summed E-state index contributed by atoms with van der Waals surface area (Å²) in [7, 11) is 0. The van der Waals surface area contributed by atoms with Crippen LogP contribution in [0.2, 0.25) is 0 Å². The number of aromatic hydroxyl groups is 1. The van der Waals surface area contributed by atoms with Crippen molar-refractivity contribution in [2.24, 2.45) is 0 Å². The summed E-state index contributed by atoms with van der Waals surface area (Å²) in [6, 6.07) is 21.2. The van der Waals surface area contributed by atoms with Gasteiger partial charge in [-0.05, 0) is 12.1 Å². The van der Waals surface area contributed by atoms with Crippen molar-refractivity contribution in [3.05, 3.63) is 66.7 Å². The van der Waals surface area contributed by atoms with E-state index in [4.69, 9.17) is 12.5 Å². The molecule has 0 saturated heterocycles. The molecule has 0 saturated carbocycles. The first-order chi connectivity index (χ1) is 7.81. The SMILES string of the molecule is Oc1ccccc1.[O]=[V]=[O].[c-]1ccccc1. The van der Waals surface area contributed by atoms with Crippen LogP contribution in [0.25, 0.3) is 0 Å². The van der Waals surface area contributed by atoms with E-state index >= 15 is 0 Å². The second-order valence-corrected chi connectivity index (χ2v) is 2.72. The molecule has 4 heteroatoms. The largest absolute Gasteiger partial charge is 0.184 e. The van der Waals surface area contributed by atoms with Gasteiger partial charge in [0.25, 0.3) is 0 Å². The number of phenolic OH excluding ortho intramolecular Hbond substituents is 1. The Morgan fingerprint density at radius 2 is 1.31 bits per heavy atom. The van der Waals surface area contributed by atoms with Gasteiger partial charge in [-0.25, -0.2) is 0 Å². The van der Waals surface area contributed by atoms with Crippen molar-refractivity contribution in [3.63, 3.8) is 0 Å². The summed E-state index contributed by atoms with van der Waals surface area (Å²) >= 11 is -1.81. The van der Waals surface area contributed by atoms with Crippen LogP contribution in [0.5, 0.6) is 5.75 Å². The van der Waals surface area contributed by atoms with Crippen LogP contribution in [0.1, 0.15) is 0 Å². The minimum atomic E-state index is -1.81. The fourth-order valence-electron chi connectivity index (χ4n) is 0.770. The first-order valence-corrected chi connectivity index (χ1v) is 5.55. The standard InChI is InChI=1S/C6H6O.C6H5.2O.V/c7-6-4-2-1-3-5-6;1-2-4-6-5-3-1;;;/h1-5,7H;1-5H;;;/q;-1;;;. The molecule has 0 heterocycles. The molecule has 1 N–H and O–H groups in total. The maximum Gasteiger partial charge on any atom is -0.171 e. The predicted octanol–water partition coefficient (Wildman–Crippen LogP) is 2.64. The van der Waals surface area contributed by atoms with Gasteiger partial charge in [-0.2, -0.15) is 36.4 Å². The summed E-state index contributed by atoms with van der Waals surface area (Å²) in [4.78, 5) is 0. The minimum absolute atomic E-state index is 0.322. The molecule has 0 amide bonds. The summed E-state index contributed by atoms with van der Waals surface area (Å²) in [5.41, 5.74) is 0. The van der Waals surface area contributed by atoms with Gasteiger partial charge >= 0.3 is 23.5 Å². The Balaban J connectivity index is 0.000000230. The van der Waals surface area contributed by atoms with Crippen molar-refractivity contribution in [3.8, 4) is 5.75 Å². The van der Waals surface area contributed by atoms with Crippen molar-refractivity contribution in [1.82, 2.24) is 0 Å². The molecule has 83 valence electrons. The zero-order valence-corrected chi connectivity index (χ0v) is 9.88. The first kappa shape index (κ1) is 14.4. The molecule has 0 atom stereocenters. The summed E-state index contributed by atoms with van der Waals surface area (Å²) < 4.78 is 16.9. The number of hydrogen-bond donors (Lipinski definition) is 1. The quantitative estimate of drug-likeness (QED) is 0.735. The fourth-order valence-corrected chi connectivity index (χ4v) is 0.770. The van der Waals surface area contributed by atoms with Crippen LogP contribution in [-0.2, 0) is 23.5 Å². The van der Waals surface area contributed by atoms with E-state index in [1.54, 1.807) is 24.3 Å². The van der Waals surface area contributed by atoms with E-state index in [1.807, 2.05) is 36.4 Å². The third-order valence-electron chi connectivity index (χ3n) is 1.36. The van der Waals surface area contributed by atoms with E-state index in [0.29, 0.717) is 5.75 Å². The van der Waals surface area contributed by atoms with Crippen molar-refractivity contribution < 1.29 is 28.6 Å². The van der Waals surface area contributed by atoms with Crippen molar-refractivity contribution in [2.75, 3.05) is 0 Å². The van der Waals surface area contributed by atoms with E-state index in [0.717, 1.165) is 0 Å². The summed E-state index contributed by atoms with van der Waals surface area (Å²) in [6.07, 6.45) is 0. The number of benzene rings is 2. The molecule has 0 unspecified atom stereocenters. The topological polar surface area (TPSA) is 54.4 Å². The molecule has 0 aliphatic heterocycles. The van der Waals surface area contributed by atoms with E-state index in [9.17, 15) is 0 Å². The zero-order valence-electron chi connectivity index (χ0n) is 8.48. The number of para-hydroxylation sites is 1. The van der Waals surface area contributed by atoms with Gasteiger partial charge in [0.05, 0.1) is 0 Å². The summed E-state index contributed by atoms with van der Waals surface area (Å²) in [6.45, 7) is 0. The molecule has 2 aromatic carbocycles. The van der Waals surface area contributed by atoms with Crippen LogP contribution in [0.3, 0.4) is 0 Å². The van der Waals surface area contributed by atoms with Gasteiger partial charge in [-0.3, -0.25) is 0 Å². The molecule has 16 heavy (non-hydrogen) atoms. The molecule has 2 rings (SSSR count). The van der Waals surface area contributed by atoms with Gasteiger partial charge in [0.1, 0.15) is 5.75 Å². The molecule has 0 aromatic heterocycles. The van der Waals surface area contributed by atoms with Crippen LogP contribution >= 0.6 is 0 Å². The van der Waals surface area contributed by atoms with Crippen LogP contribution in [-0.4, -0.2) is 5.11 Å². The monoisotopic (exact) mass is 254 g/mol. The Morgan fingerprint density at radius 1 is 0.875 bits per heavy atom.